The van der Waals surface area contributed by atoms with Crippen LogP contribution in [0.2, 0.25) is 0 Å². The lowest BCUT2D eigenvalue weighted by molar-refractivity contribution is 0.640. The van der Waals surface area contributed by atoms with Gasteiger partial charge in [0.05, 0.1) is 6.04 Å². The van der Waals surface area contributed by atoms with Crippen LogP contribution in [0.4, 0.5) is 11.4 Å². The quantitative estimate of drug-likeness (QED) is 0.225. The van der Waals surface area contributed by atoms with E-state index in [4.69, 9.17) is 9.98 Å². The summed E-state index contributed by atoms with van der Waals surface area (Å²) in [7, 11) is 0. The normalized spacial score (nSPS) is 21.9. The Morgan fingerprint density at radius 2 is 1.26 bits per heavy atom. The van der Waals surface area contributed by atoms with Crippen LogP contribution in [0.3, 0.4) is 0 Å². The second-order valence-electron chi connectivity index (χ2n) is 13.1. The zero-order chi connectivity index (χ0) is 30.8. The first-order valence-corrected chi connectivity index (χ1v) is 16.1. The van der Waals surface area contributed by atoms with Crippen LogP contribution in [0, 0.1) is 0 Å². The van der Waals surface area contributed by atoms with Gasteiger partial charge in [-0.15, -0.1) is 0 Å². The van der Waals surface area contributed by atoms with E-state index < -0.39 is 0 Å². The van der Waals surface area contributed by atoms with Gasteiger partial charge in [0.1, 0.15) is 11.7 Å². The molecule has 222 valence electrons. The highest BCUT2D eigenvalue weighted by molar-refractivity contribution is 6.16. The smallest absolute Gasteiger partial charge is 0.169 e. The van der Waals surface area contributed by atoms with E-state index in [-0.39, 0.29) is 17.6 Å². The number of rotatable bonds is 4. The van der Waals surface area contributed by atoms with E-state index in [1.807, 2.05) is 36.4 Å². The summed E-state index contributed by atoms with van der Waals surface area (Å²) in [5.74, 6) is 1.95. The van der Waals surface area contributed by atoms with Crippen LogP contribution in [0.1, 0.15) is 59.3 Å². The van der Waals surface area contributed by atoms with Crippen LogP contribution in [-0.4, -0.2) is 17.7 Å². The van der Waals surface area contributed by atoms with Gasteiger partial charge in [-0.05, 0) is 63.7 Å². The molecule has 0 radical (unpaired) electrons. The van der Waals surface area contributed by atoms with E-state index in [1.165, 1.54) is 39.2 Å². The van der Waals surface area contributed by atoms with Crippen molar-refractivity contribution in [2.75, 3.05) is 4.90 Å². The minimum atomic E-state index is -0.313. The van der Waals surface area contributed by atoms with Crippen LogP contribution in [0.25, 0.3) is 5.57 Å². The van der Waals surface area contributed by atoms with E-state index in [1.54, 1.807) is 0 Å². The Morgan fingerprint density at radius 3 is 2.02 bits per heavy atom. The summed E-state index contributed by atoms with van der Waals surface area (Å²) in [6.07, 6.45) is 4.77. The monoisotopic (exact) mass is 594 g/mol. The molecule has 0 bridgehead atoms. The summed E-state index contributed by atoms with van der Waals surface area (Å²) < 4.78 is 0. The van der Waals surface area contributed by atoms with Gasteiger partial charge < -0.3 is 10.2 Å². The standard InChI is InChI=1S/C42H34N4/c1-42(2)35-19-11-9-17-31(35)33-26-38-34(25-36(33)42)32-18-10-12-20-37(32)46(38)30-23-21-29(22-24-30)41-44-39(27-13-5-3-6-14-27)43-40(45-41)28-15-7-4-8-16-28/h3-26,34,38-39H,1-2H3,(H,43,44,45). The SMILES string of the molecule is CC1(C)C2=CC3c4ccccc4N(c4ccc(C5=NC(c6ccccc6)N=C(c6ccccc6)N5)cc4)C3C=C2c2ccccc21. The predicted octanol–water partition coefficient (Wildman–Crippen LogP) is 9.10. The molecule has 5 aromatic rings. The lowest BCUT2D eigenvalue weighted by Gasteiger charge is -2.33. The summed E-state index contributed by atoms with van der Waals surface area (Å²) >= 11 is 0. The maximum atomic E-state index is 5.09. The first-order chi connectivity index (χ1) is 22.6. The summed E-state index contributed by atoms with van der Waals surface area (Å²) in [6, 6.07) is 47.5. The highest BCUT2D eigenvalue weighted by Gasteiger charge is 2.46. The lowest BCUT2D eigenvalue weighted by Crippen LogP contribution is -2.36. The predicted molar refractivity (Wildman–Crippen MR) is 189 cm³/mol. The van der Waals surface area contributed by atoms with Gasteiger partial charge in [-0.2, -0.15) is 0 Å². The summed E-state index contributed by atoms with van der Waals surface area (Å²) in [6.45, 7) is 4.74. The number of nitrogens with zero attached hydrogens (tertiary/aromatic N) is 3. The fraction of sp³-hybridized carbons (Fsp3) is 0.143. The van der Waals surface area contributed by atoms with Gasteiger partial charge in [-0.3, -0.25) is 0 Å². The molecule has 0 spiro atoms. The molecular formula is C42H34N4. The Morgan fingerprint density at radius 1 is 0.630 bits per heavy atom. The number of benzene rings is 5. The van der Waals surface area contributed by atoms with Crippen molar-refractivity contribution in [3.63, 3.8) is 0 Å². The van der Waals surface area contributed by atoms with E-state index in [2.05, 4.69) is 133 Å². The third-order valence-electron chi connectivity index (χ3n) is 10.1. The molecule has 0 aromatic heterocycles. The van der Waals surface area contributed by atoms with E-state index in [0.717, 1.165) is 28.4 Å². The molecule has 2 aliphatic heterocycles. The fourth-order valence-electron chi connectivity index (χ4n) is 7.78. The van der Waals surface area contributed by atoms with Gasteiger partial charge in [0.25, 0.3) is 0 Å². The highest BCUT2D eigenvalue weighted by atomic mass is 15.2. The largest absolute Gasteiger partial charge is 0.333 e. The second kappa shape index (κ2) is 10.3. The van der Waals surface area contributed by atoms with E-state index in [9.17, 15) is 0 Å². The molecule has 0 saturated carbocycles. The summed E-state index contributed by atoms with van der Waals surface area (Å²) in [5.41, 5.74) is 12.6. The van der Waals surface area contributed by atoms with Crippen molar-refractivity contribution >= 4 is 28.6 Å². The van der Waals surface area contributed by atoms with Crippen molar-refractivity contribution < 1.29 is 0 Å². The maximum absolute atomic E-state index is 5.09. The zero-order valence-electron chi connectivity index (χ0n) is 25.9. The third kappa shape index (κ3) is 4.13. The molecule has 2 heterocycles. The van der Waals surface area contributed by atoms with Crippen LogP contribution in [-0.2, 0) is 5.41 Å². The number of allylic oxidation sites excluding steroid dienone is 2. The first-order valence-electron chi connectivity index (χ1n) is 16.1. The molecule has 0 fully saturated rings. The van der Waals surface area contributed by atoms with Crippen molar-refractivity contribution in [1.29, 1.82) is 0 Å². The third-order valence-corrected chi connectivity index (χ3v) is 10.1. The highest BCUT2D eigenvalue weighted by Crippen LogP contribution is 2.57. The van der Waals surface area contributed by atoms with E-state index >= 15 is 0 Å². The average Bonchev–Trinajstić information content (AvgIpc) is 3.56. The Bertz CT molecular complexity index is 2100. The Hall–Kier alpha value is -5.48. The van der Waals surface area contributed by atoms with Crippen molar-refractivity contribution in [3.8, 4) is 0 Å². The molecule has 4 nitrogen and oxygen atoms in total. The Balaban J connectivity index is 1.09. The van der Waals surface area contributed by atoms with Gasteiger partial charge in [0, 0.05) is 33.8 Å². The number of amidine groups is 2. The van der Waals surface area contributed by atoms with Crippen molar-refractivity contribution in [2.24, 2.45) is 9.98 Å². The van der Waals surface area contributed by atoms with Gasteiger partial charge >= 0.3 is 0 Å². The molecule has 3 unspecified atom stereocenters. The number of nitrogens with one attached hydrogen (secondary N) is 1. The number of hydrogen-bond donors (Lipinski definition) is 1. The maximum Gasteiger partial charge on any atom is 0.169 e. The molecule has 9 rings (SSSR count). The zero-order valence-corrected chi connectivity index (χ0v) is 25.9. The minimum Gasteiger partial charge on any atom is -0.333 e. The molecule has 2 aliphatic carbocycles. The molecule has 0 amide bonds. The molecule has 46 heavy (non-hydrogen) atoms. The van der Waals surface area contributed by atoms with Crippen LogP contribution >= 0.6 is 0 Å². The number of para-hydroxylation sites is 1. The van der Waals surface area contributed by atoms with E-state index in [0.29, 0.717) is 5.92 Å². The molecule has 3 atom stereocenters. The fourth-order valence-corrected chi connectivity index (χ4v) is 7.78. The average molecular weight is 595 g/mol. The molecule has 1 N–H and O–H groups in total. The topological polar surface area (TPSA) is 40.0 Å². The Labute approximate surface area is 270 Å². The van der Waals surface area contributed by atoms with Crippen molar-refractivity contribution in [2.45, 2.75) is 37.4 Å². The molecule has 4 aliphatic rings. The first kappa shape index (κ1) is 26.9. The van der Waals surface area contributed by atoms with Gasteiger partial charge in [0.2, 0.25) is 0 Å². The number of fused-ring (bicyclic) bond motifs is 6. The van der Waals surface area contributed by atoms with Gasteiger partial charge in [-0.1, -0.05) is 129 Å². The van der Waals surface area contributed by atoms with Gasteiger partial charge in [0.15, 0.2) is 6.17 Å². The Kier molecular flexibility index (Phi) is 6.01. The second-order valence-corrected chi connectivity index (χ2v) is 13.1. The van der Waals surface area contributed by atoms with Crippen LogP contribution in [0.5, 0.6) is 0 Å². The summed E-state index contributed by atoms with van der Waals surface area (Å²) in [5, 5.41) is 3.55. The van der Waals surface area contributed by atoms with Crippen molar-refractivity contribution in [1.82, 2.24) is 5.32 Å². The molecule has 5 aromatic carbocycles. The lowest BCUT2D eigenvalue weighted by atomic mass is 9.76. The molecular weight excluding hydrogens is 560 g/mol. The van der Waals surface area contributed by atoms with Gasteiger partial charge in [-0.25, -0.2) is 9.98 Å². The van der Waals surface area contributed by atoms with Crippen LogP contribution < -0.4 is 10.2 Å². The van der Waals surface area contributed by atoms with Crippen LogP contribution in [0.15, 0.2) is 161 Å². The number of anilines is 2. The number of aliphatic imine (C=N–C) groups is 2. The number of hydrogen-bond acceptors (Lipinski definition) is 4. The molecule has 0 saturated heterocycles. The molecule has 4 heteroatoms. The minimum absolute atomic E-state index is 0.00928. The summed E-state index contributed by atoms with van der Waals surface area (Å²) in [4.78, 5) is 12.6. The van der Waals surface area contributed by atoms with Crippen molar-refractivity contribution in [3.05, 3.63) is 185 Å².